The molecule has 0 aliphatic carbocycles. The largest absolute Gasteiger partial charge is 0.494 e. The molecule has 0 amide bonds. The van der Waals surface area contributed by atoms with Gasteiger partial charge in [0.1, 0.15) is 11.5 Å². The maximum absolute atomic E-state index is 14.1. The Bertz CT molecular complexity index is 1580. The summed E-state index contributed by atoms with van der Waals surface area (Å²) >= 11 is 0. The zero-order chi connectivity index (χ0) is 44.3. The summed E-state index contributed by atoms with van der Waals surface area (Å²) in [6, 6.07) is 12.2. The predicted molar refractivity (Wildman–Crippen MR) is 175 cm³/mol. The first-order chi connectivity index (χ1) is 26.6. The van der Waals surface area contributed by atoms with Gasteiger partial charge in [-0.15, -0.1) is 0 Å². The topological polar surface area (TPSA) is 44.8 Å². The van der Waals surface area contributed by atoms with E-state index in [-0.39, 0.29) is 5.75 Å². The van der Waals surface area contributed by atoms with Gasteiger partial charge in [0.15, 0.2) is 0 Å². The summed E-state index contributed by atoms with van der Waals surface area (Å²) < 4.78 is 244. The molecule has 0 N–H and O–H groups in total. The fourth-order valence-corrected chi connectivity index (χ4v) is 5.19. The fourth-order valence-electron chi connectivity index (χ4n) is 5.19. The SMILES string of the molecule is C=CC(=O)OCCCCCCCCCCCOc1ccc(-c2ccc(OCCCC(F)(F)C(F)(F)C(F)(F)C(F)(F)C(F)(F)C(F)(F)C(F)(F)C(F)(F)F)cc2)cc1. The van der Waals surface area contributed by atoms with Gasteiger partial charge in [-0.25, -0.2) is 4.79 Å². The molecule has 4 nitrogen and oxygen atoms in total. The van der Waals surface area contributed by atoms with E-state index in [2.05, 4.69) is 6.58 Å². The van der Waals surface area contributed by atoms with Crippen molar-refractivity contribution in [1.29, 1.82) is 0 Å². The van der Waals surface area contributed by atoms with Crippen LogP contribution in [0.3, 0.4) is 0 Å². The molecule has 330 valence electrons. The number of carbonyl (C=O) groups is 1. The molecule has 0 saturated heterocycles. The van der Waals surface area contributed by atoms with Crippen molar-refractivity contribution in [1.82, 2.24) is 0 Å². The number of carbonyl (C=O) groups excluding carboxylic acids is 1. The highest BCUT2D eigenvalue weighted by molar-refractivity contribution is 5.81. The van der Waals surface area contributed by atoms with Crippen LogP contribution in [0, 0.1) is 0 Å². The van der Waals surface area contributed by atoms with Crippen molar-refractivity contribution in [3.8, 4) is 22.6 Å². The van der Waals surface area contributed by atoms with Crippen LogP contribution < -0.4 is 9.47 Å². The number of esters is 1. The Hall–Kier alpha value is -3.94. The molecule has 0 spiro atoms. The Morgan fingerprint density at radius 3 is 1.16 bits per heavy atom. The normalized spacial score (nSPS) is 13.7. The molecule has 2 rings (SSSR count). The summed E-state index contributed by atoms with van der Waals surface area (Å²) in [7, 11) is 0. The van der Waals surface area contributed by atoms with Crippen LogP contribution in [-0.2, 0) is 9.53 Å². The summed E-state index contributed by atoms with van der Waals surface area (Å²) in [6.07, 6.45) is -1.66. The van der Waals surface area contributed by atoms with Crippen molar-refractivity contribution >= 4 is 5.97 Å². The molecule has 0 saturated carbocycles. The molecule has 0 aromatic heterocycles. The Morgan fingerprint density at radius 2 is 0.776 bits per heavy atom. The van der Waals surface area contributed by atoms with E-state index >= 15 is 0 Å². The minimum Gasteiger partial charge on any atom is -0.494 e. The van der Waals surface area contributed by atoms with Crippen LogP contribution in [0.2, 0.25) is 0 Å². The average Bonchev–Trinajstić information content (AvgIpc) is 3.14. The minimum absolute atomic E-state index is 0.119. The monoisotopic (exact) mass is 870 g/mol. The molecule has 0 atom stereocenters. The van der Waals surface area contributed by atoms with Crippen LogP contribution in [0.25, 0.3) is 11.1 Å². The Morgan fingerprint density at radius 1 is 0.448 bits per heavy atom. The predicted octanol–water partition coefficient (Wildman–Crippen LogP) is 13.1. The second kappa shape index (κ2) is 19.9. The first-order valence-corrected chi connectivity index (χ1v) is 17.6. The summed E-state index contributed by atoms with van der Waals surface area (Å²) in [6.45, 7) is 3.17. The molecule has 0 fully saturated rings. The standard InChI is InChI=1S/C37H39F17O4/c1-2-29(55)58-23-11-9-7-5-3-4-6-8-10-22-56-27-17-13-25(14-18-27)26-15-19-28(20-16-26)57-24-12-21-30(38,39)31(40,41)32(42,43)33(44,45)34(46,47)35(48,49)36(50,51)37(52,53)54/h2,13-20H,1,3-12,21-24H2. The van der Waals surface area contributed by atoms with Gasteiger partial charge in [-0.2, -0.15) is 74.6 Å². The number of hydrogen-bond donors (Lipinski definition) is 0. The van der Waals surface area contributed by atoms with Crippen molar-refractivity contribution in [2.75, 3.05) is 19.8 Å². The number of hydrogen-bond acceptors (Lipinski definition) is 4. The van der Waals surface area contributed by atoms with E-state index in [1.54, 1.807) is 24.3 Å². The summed E-state index contributed by atoms with van der Waals surface area (Å²) in [5, 5.41) is 0. The zero-order valence-corrected chi connectivity index (χ0v) is 30.4. The van der Waals surface area contributed by atoms with Crippen LogP contribution >= 0.6 is 0 Å². The number of benzene rings is 2. The van der Waals surface area contributed by atoms with Gasteiger partial charge in [0.05, 0.1) is 19.8 Å². The maximum atomic E-state index is 14.1. The Kier molecular flexibility index (Phi) is 17.2. The molecule has 0 bridgehead atoms. The van der Waals surface area contributed by atoms with Crippen molar-refractivity contribution < 1.29 is 93.6 Å². The summed E-state index contributed by atoms with van der Waals surface area (Å²) in [5.74, 6) is -56.4. The van der Waals surface area contributed by atoms with E-state index < -0.39 is 73.1 Å². The van der Waals surface area contributed by atoms with Crippen LogP contribution in [0.5, 0.6) is 11.5 Å². The van der Waals surface area contributed by atoms with Gasteiger partial charge in [0, 0.05) is 12.5 Å². The smallest absolute Gasteiger partial charge is 0.460 e. The lowest BCUT2D eigenvalue weighted by atomic mass is 9.88. The molecular weight excluding hydrogens is 831 g/mol. The zero-order valence-electron chi connectivity index (χ0n) is 30.4. The lowest BCUT2D eigenvalue weighted by Gasteiger charge is -2.42. The van der Waals surface area contributed by atoms with E-state index in [0.29, 0.717) is 30.1 Å². The highest BCUT2D eigenvalue weighted by atomic mass is 19.4. The average molecular weight is 871 g/mol. The third kappa shape index (κ3) is 11.4. The highest BCUT2D eigenvalue weighted by Crippen LogP contribution is 2.64. The quantitative estimate of drug-likeness (QED) is 0.0409. The first-order valence-electron chi connectivity index (χ1n) is 17.6. The number of ether oxygens (including phenoxy) is 3. The third-order valence-electron chi connectivity index (χ3n) is 8.70. The molecule has 0 heterocycles. The van der Waals surface area contributed by atoms with Gasteiger partial charge < -0.3 is 14.2 Å². The van der Waals surface area contributed by atoms with Crippen molar-refractivity contribution in [3.63, 3.8) is 0 Å². The van der Waals surface area contributed by atoms with Gasteiger partial charge in [-0.3, -0.25) is 0 Å². The molecule has 0 aliphatic heterocycles. The van der Waals surface area contributed by atoms with Crippen LogP contribution in [-0.4, -0.2) is 73.4 Å². The molecule has 2 aromatic carbocycles. The van der Waals surface area contributed by atoms with Crippen molar-refractivity contribution in [2.45, 2.75) is 118 Å². The van der Waals surface area contributed by atoms with E-state index in [1.165, 1.54) is 24.3 Å². The lowest BCUT2D eigenvalue weighted by Crippen LogP contribution is -2.74. The van der Waals surface area contributed by atoms with E-state index in [0.717, 1.165) is 63.9 Å². The van der Waals surface area contributed by atoms with Crippen LogP contribution in [0.1, 0.15) is 70.6 Å². The highest BCUT2D eigenvalue weighted by Gasteiger charge is 2.95. The molecule has 2 aromatic rings. The second-order valence-corrected chi connectivity index (χ2v) is 13.1. The number of alkyl halides is 17. The van der Waals surface area contributed by atoms with Gasteiger partial charge in [0.2, 0.25) is 0 Å². The molecular formula is C37H39F17O4. The fraction of sp³-hybridized carbons (Fsp3) is 0.595. The summed E-state index contributed by atoms with van der Waals surface area (Å²) in [5.41, 5.74) is 1.25. The first kappa shape index (κ1) is 50.2. The van der Waals surface area contributed by atoms with Gasteiger partial charge in [-0.1, -0.05) is 75.8 Å². The number of halogens is 17. The van der Waals surface area contributed by atoms with Crippen molar-refractivity contribution in [3.05, 3.63) is 61.2 Å². The van der Waals surface area contributed by atoms with Crippen LogP contribution in [0.15, 0.2) is 61.2 Å². The molecule has 0 unspecified atom stereocenters. The lowest BCUT2D eigenvalue weighted by molar-refractivity contribution is -0.461. The Labute approximate surface area is 321 Å². The Balaban J connectivity index is 1.83. The van der Waals surface area contributed by atoms with Crippen LogP contribution in [0.4, 0.5) is 74.6 Å². The minimum atomic E-state index is -8.65. The van der Waals surface area contributed by atoms with E-state index in [1.807, 2.05) is 0 Å². The van der Waals surface area contributed by atoms with Gasteiger partial charge in [-0.05, 0) is 54.7 Å². The van der Waals surface area contributed by atoms with Crippen molar-refractivity contribution in [2.24, 2.45) is 0 Å². The summed E-state index contributed by atoms with van der Waals surface area (Å²) in [4.78, 5) is 11.0. The number of rotatable bonds is 26. The van der Waals surface area contributed by atoms with Gasteiger partial charge >= 0.3 is 53.6 Å². The maximum Gasteiger partial charge on any atom is 0.460 e. The third-order valence-corrected chi connectivity index (χ3v) is 8.70. The molecule has 21 heteroatoms. The number of unbranched alkanes of at least 4 members (excludes halogenated alkanes) is 8. The second-order valence-electron chi connectivity index (χ2n) is 13.1. The molecule has 0 aliphatic rings. The molecule has 0 radical (unpaired) electrons. The van der Waals surface area contributed by atoms with E-state index in [9.17, 15) is 79.4 Å². The molecule has 58 heavy (non-hydrogen) atoms. The van der Waals surface area contributed by atoms with E-state index in [4.69, 9.17) is 14.2 Å². The van der Waals surface area contributed by atoms with Gasteiger partial charge in [0.25, 0.3) is 0 Å².